The normalized spacial score (nSPS) is 22.4. The van der Waals surface area contributed by atoms with Gasteiger partial charge in [0.1, 0.15) is 11.5 Å². The lowest BCUT2D eigenvalue weighted by Gasteiger charge is -2.46. The molecule has 0 bridgehead atoms. The number of oxime groups is 1. The van der Waals surface area contributed by atoms with Crippen LogP contribution in [-0.2, 0) is 5.41 Å². The lowest BCUT2D eigenvalue weighted by atomic mass is 9.76. The maximum absolute atomic E-state index is 9.08. The van der Waals surface area contributed by atoms with Crippen molar-refractivity contribution in [3.05, 3.63) is 59.2 Å². The standard InChI is InChI=1S/C21H22N2O3/c1-20(2)17-7-5-6-8-18(17)23(3)21(20)10-9-14-11-16(25-4)12-15(13-22-24)19(14)26-21/h5-13,24H,1-4H3/b22-13+. The van der Waals surface area contributed by atoms with Crippen LogP contribution in [0, 0.1) is 0 Å². The zero-order valence-corrected chi connectivity index (χ0v) is 15.4. The van der Waals surface area contributed by atoms with Crippen LogP contribution in [0.4, 0.5) is 5.69 Å². The molecular formula is C21H22N2O3. The zero-order chi connectivity index (χ0) is 18.5. The van der Waals surface area contributed by atoms with E-state index in [9.17, 15) is 0 Å². The second-order valence-electron chi connectivity index (χ2n) is 7.21. The van der Waals surface area contributed by atoms with Gasteiger partial charge >= 0.3 is 0 Å². The number of rotatable bonds is 2. The highest BCUT2D eigenvalue weighted by Crippen LogP contribution is 2.54. The number of ether oxygens (including phenoxy) is 2. The van der Waals surface area contributed by atoms with Crippen molar-refractivity contribution in [1.82, 2.24) is 0 Å². The zero-order valence-electron chi connectivity index (χ0n) is 15.4. The summed E-state index contributed by atoms with van der Waals surface area (Å²) in [6.45, 7) is 4.38. The largest absolute Gasteiger partial charge is 0.497 e. The first kappa shape index (κ1) is 16.5. The third kappa shape index (κ3) is 2.00. The molecule has 0 fully saturated rings. The molecule has 2 aliphatic heterocycles. The molecule has 1 unspecified atom stereocenters. The van der Waals surface area contributed by atoms with E-state index in [0.29, 0.717) is 17.1 Å². The molecule has 134 valence electrons. The van der Waals surface area contributed by atoms with E-state index in [0.717, 1.165) is 11.3 Å². The second-order valence-corrected chi connectivity index (χ2v) is 7.21. The molecular weight excluding hydrogens is 328 g/mol. The summed E-state index contributed by atoms with van der Waals surface area (Å²) in [7, 11) is 3.66. The second kappa shape index (κ2) is 5.53. The number of hydrogen-bond acceptors (Lipinski definition) is 5. The molecule has 26 heavy (non-hydrogen) atoms. The monoisotopic (exact) mass is 350 g/mol. The van der Waals surface area contributed by atoms with Crippen molar-refractivity contribution in [2.75, 3.05) is 19.1 Å². The molecule has 2 aliphatic rings. The van der Waals surface area contributed by atoms with Crippen LogP contribution in [0.15, 0.2) is 47.6 Å². The number of para-hydroxylation sites is 1. The summed E-state index contributed by atoms with van der Waals surface area (Å²) in [4.78, 5) is 2.17. The van der Waals surface area contributed by atoms with Gasteiger partial charge in [-0.15, -0.1) is 0 Å². The SMILES string of the molecule is COc1cc2c(c(/C=N/O)c1)OC1(C=C2)N(C)c2ccccc2C1(C)C. The van der Waals surface area contributed by atoms with Crippen LogP contribution >= 0.6 is 0 Å². The van der Waals surface area contributed by atoms with E-state index in [-0.39, 0.29) is 5.41 Å². The van der Waals surface area contributed by atoms with Crippen molar-refractivity contribution in [1.29, 1.82) is 0 Å². The number of methoxy groups -OCH3 is 1. The molecule has 5 heteroatoms. The maximum atomic E-state index is 9.08. The molecule has 1 spiro atoms. The topological polar surface area (TPSA) is 54.3 Å². The molecule has 5 nitrogen and oxygen atoms in total. The first-order valence-electron chi connectivity index (χ1n) is 8.55. The van der Waals surface area contributed by atoms with Gasteiger partial charge in [-0.3, -0.25) is 0 Å². The minimum atomic E-state index is -0.670. The summed E-state index contributed by atoms with van der Waals surface area (Å²) in [5, 5.41) is 12.3. The van der Waals surface area contributed by atoms with Crippen molar-refractivity contribution >= 4 is 18.0 Å². The van der Waals surface area contributed by atoms with Gasteiger partial charge in [0, 0.05) is 23.9 Å². The van der Waals surface area contributed by atoms with Crippen molar-refractivity contribution in [2.45, 2.75) is 25.0 Å². The number of hydrogen-bond donors (Lipinski definition) is 1. The molecule has 1 N–H and O–H groups in total. The number of benzene rings is 2. The fourth-order valence-corrected chi connectivity index (χ4v) is 4.16. The van der Waals surface area contributed by atoms with E-state index < -0.39 is 5.72 Å². The minimum Gasteiger partial charge on any atom is -0.497 e. The van der Waals surface area contributed by atoms with Gasteiger partial charge in [0.2, 0.25) is 5.72 Å². The average molecular weight is 350 g/mol. The summed E-state index contributed by atoms with van der Waals surface area (Å²) >= 11 is 0. The number of fused-ring (bicyclic) bond motifs is 2. The number of nitrogens with zero attached hydrogens (tertiary/aromatic N) is 2. The molecule has 4 rings (SSSR count). The molecule has 1 atom stereocenters. The van der Waals surface area contributed by atoms with E-state index in [2.05, 4.69) is 54.3 Å². The van der Waals surface area contributed by atoms with E-state index in [1.807, 2.05) is 19.2 Å². The molecule has 0 saturated heterocycles. The molecule has 2 aromatic carbocycles. The molecule has 0 amide bonds. The van der Waals surface area contributed by atoms with Crippen molar-refractivity contribution in [2.24, 2.45) is 5.16 Å². The summed E-state index contributed by atoms with van der Waals surface area (Å²) in [5.41, 5.74) is 3.00. The Morgan fingerprint density at radius 1 is 1.23 bits per heavy atom. The highest BCUT2D eigenvalue weighted by molar-refractivity contribution is 5.88. The Bertz CT molecular complexity index is 933. The van der Waals surface area contributed by atoms with Crippen molar-refractivity contribution in [3.63, 3.8) is 0 Å². The van der Waals surface area contributed by atoms with Gasteiger partial charge in [-0.1, -0.05) is 23.4 Å². The molecule has 0 aliphatic carbocycles. The number of likely N-dealkylation sites (N-methyl/N-ethyl adjacent to an activating group) is 1. The van der Waals surface area contributed by atoms with E-state index in [1.54, 1.807) is 13.2 Å². The molecule has 2 heterocycles. The minimum absolute atomic E-state index is 0.278. The Labute approximate surface area is 153 Å². The highest BCUT2D eigenvalue weighted by atomic mass is 16.5. The molecule has 0 saturated carbocycles. The Balaban J connectivity index is 1.90. The van der Waals surface area contributed by atoms with Crippen LogP contribution in [-0.4, -0.2) is 31.3 Å². The summed E-state index contributed by atoms with van der Waals surface area (Å²) < 4.78 is 12.0. The summed E-state index contributed by atoms with van der Waals surface area (Å²) in [6, 6.07) is 12.1. The predicted molar refractivity (Wildman–Crippen MR) is 103 cm³/mol. The van der Waals surface area contributed by atoms with Gasteiger partial charge in [0.15, 0.2) is 0 Å². The van der Waals surface area contributed by atoms with Gasteiger partial charge < -0.3 is 19.6 Å². The van der Waals surface area contributed by atoms with Crippen LogP contribution < -0.4 is 14.4 Å². The number of anilines is 1. The van der Waals surface area contributed by atoms with Crippen molar-refractivity contribution in [3.8, 4) is 11.5 Å². The van der Waals surface area contributed by atoms with Gasteiger partial charge in [-0.2, -0.15) is 0 Å². The fraction of sp³-hybridized carbons (Fsp3) is 0.286. The predicted octanol–water partition coefficient (Wildman–Crippen LogP) is 4.03. The Hall–Kier alpha value is -2.95. The lowest BCUT2D eigenvalue weighted by molar-refractivity contribution is 0.0579. The summed E-state index contributed by atoms with van der Waals surface area (Å²) in [6.07, 6.45) is 5.54. The highest BCUT2D eigenvalue weighted by Gasteiger charge is 2.57. The fourth-order valence-electron chi connectivity index (χ4n) is 4.16. The van der Waals surface area contributed by atoms with Crippen LogP contribution in [0.1, 0.15) is 30.5 Å². The smallest absolute Gasteiger partial charge is 0.211 e. The van der Waals surface area contributed by atoms with E-state index in [1.165, 1.54) is 11.8 Å². The first-order chi connectivity index (χ1) is 12.4. The van der Waals surface area contributed by atoms with Crippen LogP contribution in [0.3, 0.4) is 0 Å². The molecule has 0 aromatic heterocycles. The van der Waals surface area contributed by atoms with Gasteiger partial charge in [0.05, 0.1) is 18.7 Å². The lowest BCUT2D eigenvalue weighted by Crippen LogP contribution is -2.58. The van der Waals surface area contributed by atoms with Gasteiger partial charge in [-0.25, -0.2) is 0 Å². The van der Waals surface area contributed by atoms with Crippen LogP contribution in [0.2, 0.25) is 0 Å². The molecule has 2 aromatic rings. The third-order valence-electron chi connectivity index (χ3n) is 5.63. The van der Waals surface area contributed by atoms with Gasteiger partial charge in [0.25, 0.3) is 0 Å². The van der Waals surface area contributed by atoms with E-state index in [4.69, 9.17) is 14.7 Å². The Morgan fingerprint density at radius 3 is 2.69 bits per heavy atom. The Morgan fingerprint density at radius 2 is 2.00 bits per heavy atom. The van der Waals surface area contributed by atoms with E-state index >= 15 is 0 Å². The van der Waals surface area contributed by atoms with Gasteiger partial charge in [-0.05, 0) is 49.8 Å². The molecule has 0 radical (unpaired) electrons. The summed E-state index contributed by atoms with van der Waals surface area (Å²) in [5.74, 6) is 1.36. The van der Waals surface area contributed by atoms with Crippen molar-refractivity contribution < 1.29 is 14.7 Å². The first-order valence-corrected chi connectivity index (χ1v) is 8.55. The third-order valence-corrected chi connectivity index (χ3v) is 5.63. The average Bonchev–Trinajstić information content (AvgIpc) is 2.81. The van der Waals surface area contributed by atoms with Crippen LogP contribution in [0.5, 0.6) is 11.5 Å². The van der Waals surface area contributed by atoms with Crippen LogP contribution in [0.25, 0.3) is 6.08 Å². The maximum Gasteiger partial charge on any atom is 0.211 e. The Kier molecular flexibility index (Phi) is 3.51. The quantitative estimate of drug-likeness (QED) is 0.505.